The van der Waals surface area contributed by atoms with Gasteiger partial charge in [0.25, 0.3) is 0 Å². The third-order valence-electron chi connectivity index (χ3n) is 2.23. The van der Waals surface area contributed by atoms with Crippen LogP contribution in [0.5, 0.6) is 0 Å². The van der Waals surface area contributed by atoms with E-state index in [0.717, 1.165) is 24.0 Å². The van der Waals surface area contributed by atoms with E-state index in [1.165, 1.54) is 12.2 Å². The van der Waals surface area contributed by atoms with E-state index in [1.54, 1.807) is 12.1 Å². The molecule has 82 valence electrons. The van der Waals surface area contributed by atoms with Crippen molar-refractivity contribution >= 4 is 17.8 Å². The molecule has 0 aliphatic rings. The lowest BCUT2D eigenvalue weighted by Crippen LogP contribution is -1.93. The van der Waals surface area contributed by atoms with E-state index in [9.17, 15) is 9.59 Å². The van der Waals surface area contributed by atoms with Gasteiger partial charge in [0.1, 0.15) is 0 Å². The summed E-state index contributed by atoms with van der Waals surface area (Å²) in [6.45, 7) is 2.31. The zero-order valence-electron chi connectivity index (χ0n) is 9.06. The zero-order valence-corrected chi connectivity index (χ0v) is 9.06. The van der Waals surface area contributed by atoms with Crippen molar-refractivity contribution in [3.63, 3.8) is 0 Å². The summed E-state index contributed by atoms with van der Waals surface area (Å²) in [5.74, 6) is 0. The number of hydrogen-bond donors (Lipinski definition) is 0. The summed E-state index contributed by atoms with van der Waals surface area (Å²) in [6.07, 6.45) is 4.77. The lowest BCUT2D eigenvalue weighted by molar-refractivity contribution is 0.562. The number of isocyanates is 2. The quantitative estimate of drug-likeness (QED) is 0.560. The number of benzene rings is 1. The van der Waals surface area contributed by atoms with Crippen LogP contribution >= 0.6 is 0 Å². The van der Waals surface area contributed by atoms with E-state index in [0.29, 0.717) is 5.69 Å². The molecule has 0 atom stereocenters. The predicted octanol–water partition coefficient (Wildman–Crippen LogP) is 2.44. The van der Waals surface area contributed by atoms with Gasteiger partial charge in [-0.15, -0.1) is 0 Å². The maximum absolute atomic E-state index is 10.3. The van der Waals surface area contributed by atoms with Gasteiger partial charge in [0.2, 0.25) is 12.2 Å². The van der Waals surface area contributed by atoms with Crippen LogP contribution in [0.25, 0.3) is 0 Å². The fourth-order valence-electron chi connectivity index (χ4n) is 1.58. The average Bonchev–Trinajstić information content (AvgIpc) is 2.30. The molecule has 0 saturated heterocycles. The molecule has 0 radical (unpaired) electrons. The molecule has 0 N–H and O–H groups in total. The van der Waals surface area contributed by atoms with Gasteiger partial charge in [-0.3, -0.25) is 0 Å². The SMILES string of the molecule is CCCc1c(CN=C=O)cccc1N=C=O. The number of nitrogens with zero attached hydrogens (tertiary/aromatic N) is 2. The first kappa shape index (κ1) is 12.1. The number of hydrogen-bond acceptors (Lipinski definition) is 4. The first-order valence-electron chi connectivity index (χ1n) is 5.05. The molecule has 0 fully saturated rings. The minimum Gasteiger partial charge on any atom is -0.211 e. The second kappa shape index (κ2) is 6.46. The Labute approximate surface area is 93.7 Å². The fraction of sp³-hybridized carbons (Fsp3) is 0.333. The Morgan fingerprint density at radius 2 is 2.06 bits per heavy atom. The predicted molar refractivity (Wildman–Crippen MR) is 60.0 cm³/mol. The molecule has 0 unspecified atom stereocenters. The molecule has 0 aliphatic carbocycles. The Balaban J connectivity index is 3.19. The van der Waals surface area contributed by atoms with Crippen LogP contribution in [0.4, 0.5) is 5.69 Å². The molecule has 1 aromatic rings. The Hall–Kier alpha value is -2.02. The summed E-state index contributed by atoms with van der Waals surface area (Å²) in [4.78, 5) is 27.5. The van der Waals surface area contributed by atoms with Crippen LogP contribution < -0.4 is 0 Å². The average molecular weight is 216 g/mol. The third kappa shape index (κ3) is 2.99. The lowest BCUT2D eigenvalue weighted by atomic mass is 10.0. The second-order valence-corrected chi connectivity index (χ2v) is 3.28. The Kier molecular flexibility index (Phi) is 4.87. The van der Waals surface area contributed by atoms with Gasteiger partial charge in [-0.1, -0.05) is 25.5 Å². The third-order valence-corrected chi connectivity index (χ3v) is 2.23. The molecule has 0 saturated carbocycles. The molecule has 16 heavy (non-hydrogen) atoms. The summed E-state index contributed by atoms with van der Waals surface area (Å²) >= 11 is 0. The van der Waals surface area contributed by atoms with E-state index in [2.05, 4.69) is 9.98 Å². The minimum absolute atomic E-state index is 0.279. The molecule has 0 spiro atoms. The highest BCUT2D eigenvalue weighted by Gasteiger charge is 2.06. The maximum Gasteiger partial charge on any atom is 0.240 e. The zero-order chi connectivity index (χ0) is 11.8. The monoisotopic (exact) mass is 216 g/mol. The van der Waals surface area contributed by atoms with Crippen LogP contribution in [0.3, 0.4) is 0 Å². The van der Waals surface area contributed by atoms with Crippen LogP contribution in [0.15, 0.2) is 28.2 Å². The van der Waals surface area contributed by atoms with E-state index < -0.39 is 0 Å². The molecule has 0 amide bonds. The molecular weight excluding hydrogens is 204 g/mol. The first-order chi connectivity index (χ1) is 7.83. The topological polar surface area (TPSA) is 58.9 Å². The molecule has 4 heteroatoms. The molecule has 4 nitrogen and oxygen atoms in total. The minimum atomic E-state index is 0.279. The van der Waals surface area contributed by atoms with Gasteiger partial charge >= 0.3 is 0 Å². The molecule has 1 rings (SSSR count). The molecule has 1 aromatic carbocycles. The molecule has 0 aromatic heterocycles. The summed E-state index contributed by atoms with van der Waals surface area (Å²) in [7, 11) is 0. The first-order valence-corrected chi connectivity index (χ1v) is 5.05. The van der Waals surface area contributed by atoms with Crippen LogP contribution in [-0.4, -0.2) is 12.2 Å². The Morgan fingerprint density at radius 3 is 2.69 bits per heavy atom. The maximum atomic E-state index is 10.3. The van der Waals surface area contributed by atoms with Crippen LogP contribution in [0, 0.1) is 0 Å². The van der Waals surface area contributed by atoms with Crippen molar-refractivity contribution in [3.05, 3.63) is 29.3 Å². The normalized spacial score (nSPS) is 9.06. The van der Waals surface area contributed by atoms with E-state index in [1.807, 2.05) is 13.0 Å². The second-order valence-electron chi connectivity index (χ2n) is 3.28. The van der Waals surface area contributed by atoms with E-state index in [-0.39, 0.29) is 6.54 Å². The Bertz CT molecular complexity index is 456. The highest BCUT2D eigenvalue weighted by Crippen LogP contribution is 2.24. The number of rotatable bonds is 5. The molecule has 0 bridgehead atoms. The van der Waals surface area contributed by atoms with Crippen molar-refractivity contribution in [3.8, 4) is 0 Å². The van der Waals surface area contributed by atoms with Gasteiger partial charge < -0.3 is 0 Å². The van der Waals surface area contributed by atoms with Gasteiger partial charge in [0.15, 0.2) is 0 Å². The van der Waals surface area contributed by atoms with Gasteiger partial charge in [0, 0.05) is 0 Å². The fourth-order valence-corrected chi connectivity index (χ4v) is 1.58. The Morgan fingerprint density at radius 1 is 1.25 bits per heavy atom. The largest absolute Gasteiger partial charge is 0.240 e. The van der Waals surface area contributed by atoms with Crippen LogP contribution in [0.2, 0.25) is 0 Å². The smallest absolute Gasteiger partial charge is 0.211 e. The standard InChI is InChI=1S/C12H12N2O2/c1-2-4-11-10(7-13-8-15)5-3-6-12(11)14-9-16/h3,5-6H,2,4,7H2,1H3. The van der Waals surface area contributed by atoms with Gasteiger partial charge in [-0.2, -0.15) is 4.99 Å². The van der Waals surface area contributed by atoms with Crippen molar-refractivity contribution in [2.45, 2.75) is 26.3 Å². The van der Waals surface area contributed by atoms with E-state index >= 15 is 0 Å². The molecule has 0 heterocycles. The van der Waals surface area contributed by atoms with E-state index in [4.69, 9.17) is 0 Å². The van der Waals surface area contributed by atoms with Gasteiger partial charge in [0.05, 0.1) is 12.2 Å². The van der Waals surface area contributed by atoms with Crippen molar-refractivity contribution < 1.29 is 9.59 Å². The lowest BCUT2D eigenvalue weighted by Gasteiger charge is -2.08. The van der Waals surface area contributed by atoms with Gasteiger partial charge in [-0.25, -0.2) is 14.6 Å². The van der Waals surface area contributed by atoms with Crippen molar-refractivity contribution in [2.75, 3.05) is 0 Å². The summed E-state index contributed by atoms with van der Waals surface area (Å²) < 4.78 is 0. The highest BCUT2D eigenvalue weighted by atomic mass is 16.1. The molecular formula is C12H12N2O2. The van der Waals surface area contributed by atoms with Crippen LogP contribution in [-0.2, 0) is 22.6 Å². The molecule has 0 aliphatic heterocycles. The summed E-state index contributed by atoms with van der Waals surface area (Å²) in [5.41, 5.74) is 2.46. The highest BCUT2D eigenvalue weighted by molar-refractivity contribution is 5.56. The van der Waals surface area contributed by atoms with Crippen molar-refractivity contribution in [2.24, 2.45) is 9.98 Å². The van der Waals surface area contributed by atoms with Gasteiger partial charge in [-0.05, 0) is 23.6 Å². The number of carbonyl (C=O) groups excluding carboxylic acids is 2. The van der Waals surface area contributed by atoms with Crippen molar-refractivity contribution in [1.29, 1.82) is 0 Å². The summed E-state index contributed by atoms with van der Waals surface area (Å²) in [6, 6.07) is 5.41. The van der Waals surface area contributed by atoms with Crippen molar-refractivity contribution in [1.82, 2.24) is 0 Å². The summed E-state index contributed by atoms with van der Waals surface area (Å²) in [5, 5.41) is 0. The number of aliphatic imine (C=N–C) groups is 2. The van der Waals surface area contributed by atoms with Crippen LogP contribution in [0.1, 0.15) is 24.5 Å².